The van der Waals surface area contributed by atoms with Crippen molar-refractivity contribution in [3.05, 3.63) is 29.3 Å². The van der Waals surface area contributed by atoms with Crippen molar-refractivity contribution in [2.24, 2.45) is 11.1 Å². The van der Waals surface area contributed by atoms with Crippen molar-refractivity contribution in [3.8, 4) is 0 Å². The third-order valence-electron chi connectivity index (χ3n) is 7.22. The third-order valence-corrected chi connectivity index (χ3v) is 7.22. The van der Waals surface area contributed by atoms with E-state index in [9.17, 15) is 19.5 Å². The summed E-state index contributed by atoms with van der Waals surface area (Å²) < 4.78 is 0. The summed E-state index contributed by atoms with van der Waals surface area (Å²) in [6, 6.07) is 4.78. The van der Waals surface area contributed by atoms with Crippen LogP contribution in [0.3, 0.4) is 0 Å². The molecular weight excluding hydrogens is 432 g/mol. The Morgan fingerprint density at radius 2 is 1.91 bits per heavy atom. The molecule has 34 heavy (non-hydrogen) atoms. The first-order valence-corrected chi connectivity index (χ1v) is 12.2. The van der Waals surface area contributed by atoms with Gasteiger partial charge in [0.2, 0.25) is 5.91 Å². The number of carboxylic acid groups (broad SMARTS) is 1. The van der Waals surface area contributed by atoms with Crippen LogP contribution in [0.4, 0.5) is 10.5 Å². The van der Waals surface area contributed by atoms with Gasteiger partial charge in [0.1, 0.15) is 0 Å². The molecule has 188 valence electrons. The molecule has 2 atom stereocenters. The van der Waals surface area contributed by atoms with E-state index in [4.69, 9.17) is 5.73 Å². The number of nitrogens with zero attached hydrogens (tertiary/aromatic N) is 3. The molecule has 3 amide bonds. The van der Waals surface area contributed by atoms with E-state index in [1.54, 1.807) is 17.0 Å². The average Bonchev–Trinajstić information content (AvgIpc) is 2.93. The molecule has 3 N–H and O–H groups in total. The monoisotopic (exact) mass is 472 g/mol. The summed E-state index contributed by atoms with van der Waals surface area (Å²) in [6.07, 6.45) is 0.499. The maximum Gasteiger partial charge on any atom is 0.407 e. The van der Waals surface area contributed by atoms with Gasteiger partial charge in [-0.05, 0) is 63.6 Å². The second-order valence-electron chi connectivity index (χ2n) is 11.4. The number of likely N-dealkylation sites (tertiary alicyclic amines) is 1. The molecule has 1 aromatic carbocycles. The molecule has 1 aromatic rings. The first kappa shape index (κ1) is 26.0. The quantitative estimate of drug-likeness (QED) is 0.680. The lowest BCUT2D eigenvalue weighted by Crippen LogP contribution is -2.63. The van der Waals surface area contributed by atoms with E-state index in [1.807, 2.05) is 59.4 Å². The zero-order valence-corrected chi connectivity index (χ0v) is 21.6. The second-order valence-corrected chi connectivity index (χ2v) is 11.4. The van der Waals surface area contributed by atoms with Gasteiger partial charge in [-0.1, -0.05) is 26.8 Å². The Kier molecular flexibility index (Phi) is 7.04. The van der Waals surface area contributed by atoms with Gasteiger partial charge in [0, 0.05) is 36.9 Å². The highest BCUT2D eigenvalue weighted by Crippen LogP contribution is 2.42. The summed E-state index contributed by atoms with van der Waals surface area (Å²) in [6.45, 7) is 15.0. The molecule has 8 heteroatoms. The Hall–Kier alpha value is -2.61. The van der Waals surface area contributed by atoms with E-state index in [1.165, 1.54) is 4.90 Å². The van der Waals surface area contributed by atoms with Crippen molar-refractivity contribution in [2.75, 3.05) is 24.5 Å². The first-order valence-electron chi connectivity index (χ1n) is 12.2. The van der Waals surface area contributed by atoms with Gasteiger partial charge in [0.25, 0.3) is 5.91 Å². The molecule has 2 heterocycles. The van der Waals surface area contributed by atoms with Crippen molar-refractivity contribution >= 4 is 23.6 Å². The number of hydrogen-bond acceptors (Lipinski definition) is 4. The van der Waals surface area contributed by atoms with Gasteiger partial charge in [0.15, 0.2) is 0 Å². The fourth-order valence-electron chi connectivity index (χ4n) is 5.77. The molecule has 0 bridgehead atoms. The number of piperidine rings is 1. The van der Waals surface area contributed by atoms with Gasteiger partial charge >= 0.3 is 6.09 Å². The number of rotatable bonds is 5. The fraction of sp³-hybridized carbons (Fsp3) is 0.654. The van der Waals surface area contributed by atoms with Gasteiger partial charge in [0.05, 0.1) is 17.5 Å². The van der Waals surface area contributed by atoms with Gasteiger partial charge < -0.3 is 25.5 Å². The lowest BCUT2D eigenvalue weighted by molar-refractivity contribution is -0.122. The lowest BCUT2D eigenvalue weighted by atomic mass is 9.76. The van der Waals surface area contributed by atoms with Crippen LogP contribution in [0.2, 0.25) is 0 Å². The van der Waals surface area contributed by atoms with E-state index in [-0.39, 0.29) is 35.4 Å². The fourth-order valence-corrected chi connectivity index (χ4v) is 5.77. The number of carbonyl (C=O) groups excluding carboxylic acids is 2. The van der Waals surface area contributed by atoms with E-state index < -0.39 is 11.5 Å². The maximum absolute atomic E-state index is 14.0. The average molecular weight is 473 g/mol. The van der Waals surface area contributed by atoms with E-state index >= 15 is 0 Å². The molecule has 0 radical (unpaired) electrons. The molecule has 1 unspecified atom stereocenters. The number of amides is 3. The van der Waals surface area contributed by atoms with Crippen LogP contribution >= 0.6 is 0 Å². The van der Waals surface area contributed by atoms with E-state index in [2.05, 4.69) is 0 Å². The highest BCUT2D eigenvalue weighted by Gasteiger charge is 2.47. The van der Waals surface area contributed by atoms with Gasteiger partial charge in [-0.2, -0.15) is 0 Å². The molecule has 1 saturated heterocycles. The largest absolute Gasteiger partial charge is 0.465 e. The third kappa shape index (κ3) is 4.40. The maximum atomic E-state index is 14.0. The molecule has 0 aromatic heterocycles. The van der Waals surface area contributed by atoms with Crippen LogP contribution in [-0.4, -0.2) is 70.6 Å². The Balaban J connectivity index is 2.05. The second kappa shape index (κ2) is 9.21. The van der Waals surface area contributed by atoms with Crippen molar-refractivity contribution in [1.29, 1.82) is 0 Å². The molecule has 2 aliphatic heterocycles. The molecule has 0 aliphatic carbocycles. The number of benzene rings is 1. The van der Waals surface area contributed by atoms with Gasteiger partial charge in [-0.25, -0.2) is 4.79 Å². The number of nitrogens with two attached hydrogens (primary N) is 1. The number of carbonyl (C=O) groups is 3. The van der Waals surface area contributed by atoms with Crippen molar-refractivity contribution in [1.82, 2.24) is 9.80 Å². The van der Waals surface area contributed by atoms with Crippen molar-refractivity contribution in [2.45, 2.75) is 84.8 Å². The van der Waals surface area contributed by atoms with Crippen LogP contribution in [0.5, 0.6) is 0 Å². The number of hydrogen-bond donors (Lipinski definition) is 2. The molecule has 8 nitrogen and oxygen atoms in total. The normalized spacial score (nSPS) is 22.2. The standard InChI is InChI=1S/C26H40N4O4/c1-16(2)30(19-9-8-13-29(24(33)34)21(19)25(3,4)5)22(31)17-10-11-18-20(15-17)28(14-12-27)23(32)26(18,6)7/h10-11,15-16,19,21H,8-9,12-14,27H2,1-7H3,(H,33,34)/t19-,21?/m1/s1. The summed E-state index contributed by atoms with van der Waals surface area (Å²) in [7, 11) is 0. The van der Waals surface area contributed by atoms with E-state index in [0.29, 0.717) is 31.6 Å². The molecule has 0 saturated carbocycles. The summed E-state index contributed by atoms with van der Waals surface area (Å²) in [5.74, 6) is -0.162. The minimum Gasteiger partial charge on any atom is -0.465 e. The first-order chi connectivity index (χ1) is 15.7. The predicted octanol–water partition coefficient (Wildman–Crippen LogP) is 3.68. The van der Waals surface area contributed by atoms with Crippen LogP contribution < -0.4 is 10.6 Å². The summed E-state index contributed by atoms with van der Waals surface area (Å²) in [5.41, 5.74) is 6.88. The minimum absolute atomic E-state index is 0.0181. The van der Waals surface area contributed by atoms with Crippen LogP contribution in [0.25, 0.3) is 0 Å². The van der Waals surface area contributed by atoms with E-state index in [0.717, 1.165) is 17.7 Å². The highest BCUT2D eigenvalue weighted by atomic mass is 16.4. The van der Waals surface area contributed by atoms with Crippen LogP contribution in [0.1, 0.15) is 77.2 Å². The predicted molar refractivity (Wildman–Crippen MR) is 133 cm³/mol. The topological polar surface area (TPSA) is 107 Å². The van der Waals surface area contributed by atoms with Crippen molar-refractivity contribution < 1.29 is 19.5 Å². The smallest absolute Gasteiger partial charge is 0.407 e. The molecule has 3 rings (SSSR count). The van der Waals surface area contributed by atoms with Gasteiger partial charge in [-0.15, -0.1) is 0 Å². The summed E-state index contributed by atoms with van der Waals surface area (Å²) in [4.78, 5) is 44.1. The van der Waals surface area contributed by atoms with Gasteiger partial charge in [-0.3, -0.25) is 9.59 Å². The molecule has 1 fully saturated rings. The summed E-state index contributed by atoms with van der Waals surface area (Å²) in [5, 5.41) is 9.90. The molecule has 2 aliphatic rings. The zero-order valence-electron chi connectivity index (χ0n) is 21.6. The molecular formula is C26H40N4O4. The van der Waals surface area contributed by atoms with Crippen LogP contribution in [-0.2, 0) is 10.2 Å². The lowest BCUT2D eigenvalue weighted by Gasteiger charge is -2.51. The zero-order chi connectivity index (χ0) is 25.6. The highest BCUT2D eigenvalue weighted by molar-refractivity contribution is 6.09. The SMILES string of the molecule is CC(C)N(C(=O)c1ccc2c(c1)N(CCN)C(=O)C2(C)C)[C@@H]1CCCN(C(=O)O)C1C(C)(C)C. The number of fused-ring (bicyclic) bond motifs is 1. The molecule has 0 spiro atoms. The minimum atomic E-state index is -0.948. The Labute approximate surface area is 203 Å². The Morgan fingerprint density at radius 1 is 1.26 bits per heavy atom. The Morgan fingerprint density at radius 3 is 2.44 bits per heavy atom. The number of anilines is 1. The van der Waals surface area contributed by atoms with Crippen LogP contribution in [0, 0.1) is 5.41 Å². The summed E-state index contributed by atoms with van der Waals surface area (Å²) >= 11 is 0. The Bertz CT molecular complexity index is 966. The van der Waals surface area contributed by atoms with Crippen LogP contribution in [0.15, 0.2) is 18.2 Å². The van der Waals surface area contributed by atoms with Crippen molar-refractivity contribution in [3.63, 3.8) is 0 Å².